The molecule has 3 nitrogen and oxygen atoms in total. The second-order valence-electron chi connectivity index (χ2n) is 4.75. The molecule has 1 aromatic carbocycles. The number of amides is 1. The Bertz CT molecular complexity index is 428. The molecule has 1 fully saturated rings. The SMILES string of the molecule is CNc1ccc(Cl)cc1C(=O)NC1CCCCC1. The molecule has 0 heterocycles. The molecule has 2 rings (SSSR count). The van der Waals surface area contributed by atoms with E-state index in [9.17, 15) is 4.79 Å². The Morgan fingerprint density at radius 2 is 2.00 bits per heavy atom. The highest BCUT2D eigenvalue weighted by molar-refractivity contribution is 6.31. The van der Waals surface area contributed by atoms with Crippen LogP contribution in [0.15, 0.2) is 18.2 Å². The smallest absolute Gasteiger partial charge is 0.253 e. The minimum atomic E-state index is -0.0336. The molecule has 1 aromatic rings. The van der Waals surface area contributed by atoms with Gasteiger partial charge in [-0.15, -0.1) is 0 Å². The van der Waals surface area contributed by atoms with Gasteiger partial charge in [-0.2, -0.15) is 0 Å². The van der Waals surface area contributed by atoms with Gasteiger partial charge in [-0.1, -0.05) is 30.9 Å². The molecule has 4 heteroatoms. The Morgan fingerprint density at radius 1 is 1.28 bits per heavy atom. The van der Waals surface area contributed by atoms with E-state index in [1.165, 1.54) is 19.3 Å². The molecular weight excluding hydrogens is 248 g/mol. The van der Waals surface area contributed by atoms with Gasteiger partial charge in [0.2, 0.25) is 0 Å². The third kappa shape index (κ3) is 3.16. The fraction of sp³-hybridized carbons (Fsp3) is 0.500. The summed E-state index contributed by atoms with van der Waals surface area (Å²) in [5, 5.41) is 6.71. The summed E-state index contributed by atoms with van der Waals surface area (Å²) in [6, 6.07) is 5.64. The monoisotopic (exact) mass is 266 g/mol. The zero-order chi connectivity index (χ0) is 13.0. The number of halogens is 1. The minimum Gasteiger partial charge on any atom is -0.387 e. The molecule has 0 aromatic heterocycles. The number of hydrogen-bond donors (Lipinski definition) is 2. The van der Waals surface area contributed by atoms with Crippen molar-refractivity contribution in [3.63, 3.8) is 0 Å². The van der Waals surface area contributed by atoms with E-state index < -0.39 is 0 Å². The number of hydrogen-bond acceptors (Lipinski definition) is 2. The number of benzene rings is 1. The van der Waals surface area contributed by atoms with Gasteiger partial charge >= 0.3 is 0 Å². The van der Waals surface area contributed by atoms with Gasteiger partial charge in [0.05, 0.1) is 5.56 Å². The Hall–Kier alpha value is -1.22. The minimum absolute atomic E-state index is 0.0336. The molecule has 0 bridgehead atoms. The van der Waals surface area contributed by atoms with Gasteiger partial charge in [0.1, 0.15) is 0 Å². The number of carbonyl (C=O) groups excluding carboxylic acids is 1. The van der Waals surface area contributed by atoms with Crippen LogP contribution < -0.4 is 10.6 Å². The Kier molecular flexibility index (Phi) is 4.48. The second kappa shape index (κ2) is 6.10. The topological polar surface area (TPSA) is 41.1 Å². The van der Waals surface area contributed by atoms with Crippen LogP contribution in [0.2, 0.25) is 5.02 Å². The van der Waals surface area contributed by atoms with Crippen LogP contribution >= 0.6 is 11.6 Å². The standard InChI is InChI=1S/C14H19ClN2O/c1-16-13-8-7-10(15)9-12(13)14(18)17-11-5-3-2-4-6-11/h7-9,11,16H,2-6H2,1H3,(H,17,18). The predicted molar refractivity (Wildman–Crippen MR) is 75.3 cm³/mol. The van der Waals surface area contributed by atoms with Crippen LogP contribution in [0.1, 0.15) is 42.5 Å². The van der Waals surface area contributed by atoms with Gasteiger partial charge in [-0.05, 0) is 31.0 Å². The average molecular weight is 267 g/mol. The lowest BCUT2D eigenvalue weighted by Crippen LogP contribution is -2.36. The maximum atomic E-state index is 12.2. The van der Waals surface area contributed by atoms with Gasteiger partial charge in [-0.3, -0.25) is 4.79 Å². The van der Waals surface area contributed by atoms with Gasteiger partial charge in [0.15, 0.2) is 0 Å². The first-order chi connectivity index (χ1) is 8.70. The van der Waals surface area contributed by atoms with Gasteiger partial charge in [0.25, 0.3) is 5.91 Å². The lowest BCUT2D eigenvalue weighted by molar-refractivity contribution is 0.0928. The molecule has 0 spiro atoms. The molecule has 18 heavy (non-hydrogen) atoms. The van der Waals surface area contributed by atoms with Crippen molar-refractivity contribution in [2.45, 2.75) is 38.1 Å². The quantitative estimate of drug-likeness (QED) is 0.880. The van der Waals surface area contributed by atoms with E-state index in [0.29, 0.717) is 16.6 Å². The number of anilines is 1. The van der Waals surface area contributed by atoms with Crippen LogP contribution in [0.3, 0.4) is 0 Å². The summed E-state index contributed by atoms with van der Waals surface area (Å²) < 4.78 is 0. The summed E-state index contributed by atoms with van der Waals surface area (Å²) in [6.07, 6.45) is 5.87. The maximum absolute atomic E-state index is 12.2. The van der Waals surface area contributed by atoms with E-state index in [1.807, 2.05) is 6.07 Å². The largest absolute Gasteiger partial charge is 0.387 e. The molecule has 0 saturated heterocycles. The Labute approximate surface area is 113 Å². The zero-order valence-corrected chi connectivity index (χ0v) is 11.4. The maximum Gasteiger partial charge on any atom is 0.253 e. The zero-order valence-electron chi connectivity index (χ0n) is 10.6. The highest BCUT2D eigenvalue weighted by Crippen LogP contribution is 2.22. The van der Waals surface area contributed by atoms with Crippen molar-refractivity contribution in [1.29, 1.82) is 0 Å². The third-order valence-corrected chi connectivity index (χ3v) is 3.67. The Morgan fingerprint density at radius 3 is 2.67 bits per heavy atom. The second-order valence-corrected chi connectivity index (χ2v) is 5.18. The van der Waals surface area contributed by atoms with Crippen LogP contribution in [0.25, 0.3) is 0 Å². The van der Waals surface area contributed by atoms with Gasteiger partial charge in [0, 0.05) is 23.8 Å². The summed E-state index contributed by atoms with van der Waals surface area (Å²) in [4.78, 5) is 12.2. The molecule has 2 N–H and O–H groups in total. The summed E-state index contributed by atoms with van der Waals surface area (Å²) >= 11 is 5.95. The molecule has 1 saturated carbocycles. The summed E-state index contributed by atoms with van der Waals surface area (Å²) in [6.45, 7) is 0. The number of rotatable bonds is 3. The molecule has 98 valence electrons. The molecule has 0 unspecified atom stereocenters. The summed E-state index contributed by atoms with van der Waals surface area (Å²) in [7, 11) is 1.81. The van der Waals surface area contributed by atoms with E-state index in [4.69, 9.17) is 11.6 Å². The van der Waals surface area contributed by atoms with Crippen molar-refractivity contribution in [3.8, 4) is 0 Å². The van der Waals surface area contributed by atoms with E-state index in [-0.39, 0.29) is 5.91 Å². The van der Waals surface area contributed by atoms with Crippen LogP contribution in [0.4, 0.5) is 5.69 Å². The fourth-order valence-electron chi connectivity index (χ4n) is 2.43. The molecular formula is C14H19ClN2O. The van der Waals surface area contributed by atoms with Crippen molar-refractivity contribution in [2.75, 3.05) is 12.4 Å². The number of nitrogens with one attached hydrogen (secondary N) is 2. The van der Waals surface area contributed by atoms with Crippen molar-refractivity contribution in [2.24, 2.45) is 0 Å². The summed E-state index contributed by atoms with van der Waals surface area (Å²) in [5.74, 6) is -0.0336. The first kappa shape index (κ1) is 13.2. The van der Waals surface area contributed by atoms with Crippen LogP contribution in [-0.2, 0) is 0 Å². The van der Waals surface area contributed by atoms with Crippen LogP contribution in [0.5, 0.6) is 0 Å². The molecule has 1 aliphatic carbocycles. The van der Waals surface area contributed by atoms with Crippen molar-refractivity contribution < 1.29 is 4.79 Å². The van der Waals surface area contributed by atoms with Crippen LogP contribution in [0, 0.1) is 0 Å². The van der Waals surface area contributed by atoms with E-state index in [2.05, 4.69) is 10.6 Å². The molecule has 0 atom stereocenters. The first-order valence-corrected chi connectivity index (χ1v) is 6.86. The van der Waals surface area contributed by atoms with Crippen molar-refractivity contribution in [3.05, 3.63) is 28.8 Å². The average Bonchev–Trinajstić information content (AvgIpc) is 2.40. The highest BCUT2D eigenvalue weighted by Gasteiger charge is 2.18. The van der Waals surface area contributed by atoms with Gasteiger partial charge < -0.3 is 10.6 Å². The van der Waals surface area contributed by atoms with E-state index in [0.717, 1.165) is 18.5 Å². The molecule has 1 amide bonds. The van der Waals surface area contributed by atoms with Crippen molar-refractivity contribution >= 4 is 23.2 Å². The Balaban J connectivity index is 2.09. The number of carbonyl (C=O) groups is 1. The summed E-state index contributed by atoms with van der Waals surface area (Å²) in [5.41, 5.74) is 1.43. The first-order valence-electron chi connectivity index (χ1n) is 6.49. The van der Waals surface area contributed by atoms with Crippen LogP contribution in [-0.4, -0.2) is 19.0 Å². The molecule has 0 aliphatic heterocycles. The third-order valence-electron chi connectivity index (χ3n) is 3.44. The lowest BCUT2D eigenvalue weighted by Gasteiger charge is -2.23. The fourth-order valence-corrected chi connectivity index (χ4v) is 2.60. The highest BCUT2D eigenvalue weighted by atomic mass is 35.5. The predicted octanol–water partition coefficient (Wildman–Crippen LogP) is 3.44. The van der Waals surface area contributed by atoms with Gasteiger partial charge in [-0.25, -0.2) is 0 Å². The molecule has 0 radical (unpaired) electrons. The lowest BCUT2D eigenvalue weighted by atomic mass is 9.95. The molecule has 1 aliphatic rings. The van der Waals surface area contributed by atoms with E-state index in [1.54, 1.807) is 19.2 Å². The van der Waals surface area contributed by atoms with Crippen molar-refractivity contribution in [1.82, 2.24) is 5.32 Å². The normalized spacial score (nSPS) is 16.3. The van der Waals surface area contributed by atoms with E-state index >= 15 is 0 Å².